The van der Waals surface area contributed by atoms with Crippen LogP contribution < -0.4 is 15.0 Å². The van der Waals surface area contributed by atoms with Crippen molar-refractivity contribution in [1.82, 2.24) is 14.9 Å². The molecular weight excluding hydrogens is 321 g/mol. The van der Waals surface area contributed by atoms with Crippen LogP contribution in [0.25, 0.3) is 0 Å². The lowest BCUT2D eigenvalue weighted by Crippen LogP contribution is -2.46. The number of ether oxygens (including phenoxy) is 1. The summed E-state index contributed by atoms with van der Waals surface area (Å²) in [6.07, 6.45) is 5.30. The van der Waals surface area contributed by atoms with Gasteiger partial charge in [0.05, 0.1) is 0 Å². The van der Waals surface area contributed by atoms with Crippen LogP contribution in [0.15, 0.2) is 49.3 Å². The van der Waals surface area contributed by atoms with Crippen LogP contribution in [0.3, 0.4) is 0 Å². The van der Waals surface area contributed by atoms with Crippen molar-refractivity contribution in [3.63, 3.8) is 0 Å². The second-order valence-electron chi connectivity index (χ2n) is 5.71. The molecule has 132 valence electrons. The molecule has 1 aliphatic heterocycles. The van der Waals surface area contributed by atoms with Crippen LogP contribution in [0.5, 0.6) is 5.75 Å². The summed E-state index contributed by atoms with van der Waals surface area (Å²) in [5.74, 6) is 2.04. The Balaban J connectivity index is 1.70. The second-order valence-corrected chi connectivity index (χ2v) is 5.71. The Bertz CT molecular complexity index is 686. The van der Waals surface area contributed by atoms with Crippen molar-refractivity contribution in [2.75, 3.05) is 49.8 Å². The van der Waals surface area contributed by atoms with Crippen molar-refractivity contribution in [2.24, 2.45) is 0 Å². The van der Waals surface area contributed by atoms with Gasteiger partial charge in [0.1, 0.15) is 5.75 Å². The normalized spacial score (nSPS) is 15.0. The number of benzene rings is 1. The molecule has 2 heterocycles. The van der Waals surface area contributed by atoms with E-state index in [1.54, 1.807) is 24.5 Å². The number of alkyl halides is 1. The van der Waals surface area contributed by atoms with Crippen molar-refractivity contribution in [2.45, 2.75) is 0 Å². The summed E-state index contributed by atoms with van der Waals surface area (Å²) in [5, 5.41) is 3.28. The third-order valence-corrected chi connectivity index (χ3v) is 4.08. The molecule has 0 amide bonds. The Morgan fingerprint density at radius 3 is 2.52 bits per heavy atom. The molecule has 3 rings (SSSR count). The fourth-order valence-electron chi connectivity index (χ4n) is 2.81. The van der Waals surface area contributed by atoms with Crippen LogP contribution in [-0.4, -0.2) is 54.5 Å². The molecule has 1 aliphatic rings. The first-order valence-electron chi connectivity index (χ1n) is 8.25. The quantitative estimate of drug-likeness (QED) is 0.780. The molecule has 0 spiro atoms. The maximum Gasteiger partial charge on any atom is 0.228 e. The molecule has 0 aliphatic carbocycles. The predicted octanol–water partition coefficient (Wildman–Crippen LogP) is 2.83. The maximum atomic E-state index is 12.2. The summed E-state index contributed by atoms with van der Waals surface area (Å²) in [5.41, 5.74) is 0.846. The van der Waals surface area contributed by atoms with Crippen LogP contribution >= 0.6 is 0 Å². The van der Waals surface area contributed by atoms with Crippen LogP contribution in [-0.2, 0) is 0 Å². The van der Waals surface area contributed by atoms with E-state index in [2.05, 4.69) is 31.7 Å². The van der Waals surface area contributed by atoms with Crippen molar-refractivity contribution < 1.29 is 9.13 Å². The number of hydrogen-bond donors (Lipinski definition) is 1. The van der Waals surface area contributed by atoms with E-state index in [4.69, 9.17) is 4.74 Å². The zero-order valence-corrected chi connectivity index (χ0v) is 14.1. The average molecular weight is 343 g/mol. The molecule has 6 nitrogen and oxygen atoms in total. The summed E-state index contributed by atoms with van der Waals surface area (Å²) in [7, 11) is 0. The molecule has 0 bridgehead atoms. The number of halogens is 1. The fraction of sp³-hybridized carbons (Fsp3) is 0.333. The molecule has 1 saturated heterocycles. The van der Waals surface area contributed by atoms with E-state index in [0.29, 0.717) is 11.6 Å². The highest BCUT2D eigenvalue weighted by molar-refractivity contribution is 5.68. The summed E-state index contributed by atoms with van der Waals surface area (Å²) in [4.78, 5) is 13.5. The molecule has 0 atom stereocenters. The van der Waals surface area contributed by atoms with E-state index >= 15 is 0 Å². The first kappa shape index (κ1) is 17.2. The zero-order chi connectivity index (χ0) is 17.5. The number of piperazine rings is 1. The van der Waals surface area contributed by atoms with Gasteiger partial charge in [-0.15, -0.1) is 6.58 Å². The Morgan fingerprint density at radius 1 is 1.12 bits per heavy atom. The second kappa shape index (κ2) is 8.43. The number of aromatic nitrogens is 2. The fourth-order valence-corrected chi connectivity index (χ4v) is 2.81. The van der Waals surface area contributed by atoms with Crippen molar-refractivity contribution in [3.8, 4) is 5.75 Å². The summed E-state index contributed by atoms with van der Waals surface area (Å²) < 4.78 is 17.0. The highest BCUT2D eigenvalue weighted by atomic mass is 19.1. The molecule has 1 fully saturated rings. The largest absolute Gasteiger partial charge is 0.463 e. The Kier molecular flexibility index (Phi) is 5.79. The monoisotopic (exact) mass is 343 g/mol. The van der Waals surface area contributed by atoms with Crippen LogP contribution in [0.4, 0.5) is 21.7 Å². The van der Waals surface area contributed by atoms with E-state index in [-0.39, 0.29) is 0 Å². The highest BCUT2D eigenvalue weighted by Gasteiger charge is 2.20. The first-order chi connectivity index (χ1) is 12.3. The predicted molar refractivity (Wildman–Crippen MR) is 97.2 cm³/mol. The molecular formula is C18H22FN5O. The molecule has 7 heteroatoms. The van der Waals surface area contributed by atoms with Gasteiger partial charge in [0.2, 0.25) is 6.86 Å². The number of hydrogen-bond acceptors (Lipinski definition) is 6. The third kappa shape index (κ3) is 4.45. The smallest absolute Gasteiger partial charge is 0.228 e. The lowest BCUT2D eigenvalue weighted by Gasteiger charge is -2.35. The molecule has 0 unspecified atom stereocenters. The van der Waals surface area contributed by atoms with Gasteiger partial charge in [-0.1, -0.05) is 6.08 Å². The Labute approximate surface area is 147 Å². The summed E-state index contributed by atoms with van der Waals surface area (Å²) in [6.45, 7) is 7.59. The van der Waals surface area contributed by atoms with E-state index < -0.39 is 6.86 Å². The summed E-state index contributed by atoms with van der Waals surface area (Å²) >= 11 is 0. The van der Waals surface area contributed by atoms with Gasteiger partial charge < -0.3 is 15.0 Å². The minimum Gasteiger partial charge on any atom is -0.463 e. The van der Waals surface area contributed by atoms with Crippen LogP contribution in [0, 0.1) is 0 Å². The SMILES string of the molecule is C=CCN1CCN(c2nccnc2Nc2ccc(OCF)cc2)CC1. The minimum absolute atomic E-state index is 0.491. The number of nitrogens with zero attached hydrogens (tertiary/aromatic N) is 4. The standard InChI is InChI=1S/C18H22FN5O/c1-2-9-23-10-12-24(13-11-23)18-17(20-7-8-21-18)22-15-3-5-16(6-4-15)25-14-19/h2-8H,1,9-14H2,(H,20,22). The van der Waals surface area contributed by atoms with Gasteiger partial charge >= 0.3 is 0 Å². The van der Waals surface area contributed by atoms with Crippen molar-refractivity contribution in [1.29, 1.82) is 0 Å². The Hall–Kier alpha value is -2.67. The van der Waals surface area contributed by atoms with Gasteiger partial charge in [0, 0.05) is 50.8 Å². The van der Waals surface area contributed by atoms with Gasteiger partial charge in [-0.3, -0.25) is 4.90 Å². The van der Waals surface area contributed by atoms with Gasteiger partial charge in [-0.05, 0) is 24.3 Å². The first-order valence-corrected chi connectivity index (χ1v) is 8.25. The number of anilines is 3. The van der Waals surface area contributed by atoms with Crippen molar-refractivity contribution in [3.05, 3.63) is 49.3 Å². The van der Waals surface area contributed by atoms with Gasteiger partial charge in [-0.25, -0.2) is 14.4 Å². The third-order valence-electron chi connectivity index (χ3n) is 4.08. The van der Waals surface area contributed by atoms with Crippen LogP contribution in [0.1, 0.15) is 0 Å². The lowest BCUT2D eigenvalue weighted by molar-refractivity contribution is 0.192. The maximum absolute atomic E-state index is 12.2. The van der Waals surface area contributed by atoms with Gasteiger partial charge in [0.15, 0.2) is 11.6 Å². The van der Waals surface area contributed by atoms with E-state index in [9.17, 15) is 4.39 Å². The molecule has 0 radical (unpaired) electrons. The average Bonchev–Trinajstić information content (AvgIpc) is 2.65. The number of nitrogens with one attached hydrogen (secondary N) is 1. The molecule has 1 aromatic carbocycles. The number of rotatable bonds is 7. The minimum atomic E-state index is -0.834. The highest BCUT2D eigenvalue weighted by Crippen LogP contribution is 2.26. The molecule has 25 heavy (non-hydrogen) atoms. The van der Waals surface area contributed by atoms with Crippen LogP contribution in [0.2, 0.25) is 0 Å². The topological polar surface area (TPSA) is 53.5 Å². The molecule has 1 N–H and O–H groups in total. The zero-order valence-electron chi connectivity index (χ0n) is 14.1. The van der Waals surface area contributed by atoms with Crippen molar-refractivity contribution >= 4 is 17.3 Å². The van der Waals surface area contributed by atoms with E-state index in [1.165, 1.54) is 0 Å². The molecule has 2 aromatic rings. The Morgan fingerprint density at radius 2 is 1.84 bits per heavy atom. The van der Waals surface area contributed by atoms with E-state index in [0.717, 1.165) is 44.2 Å². The molecule has 1 aromatic heterocycles. The van der Waals surface area contributed by atoms with Gasteiger partial charge in [0.25, 0.3) is 0 Å². The molecule has 0 saturated carbocycles. The summed E-state index contributed by atoms with van der Waals surface area (Å²) in [6, 6.07) is 7.08. The lowest BCUT2D eigenvalue weighted by atomic mass is 10.3. The van der Waals surface area contributed by atoms with Gasteiger partial charge in [-0.2, -0.15) is 0 Å². The van der Waals surface area contributed by atoms with E-state index in [1.807, 2.05) is 18.2 Å².